The zero-order valence-corrected chi connectivity index (χ0v) is 14.2. The van der Waals surface area contributed by atoms with Gasteiger partial charge in [0.25, 0.3) is 5.91 Å². The van der Waals surface area contributed by atoms with Crippen molar-refractivity contribution in [2.45, 2.75) is 13.3 Å². The Morgan fingerprint density at radius 3 is 2.68 bits per heavy atom. The predicted molar refractivity (Wildman–Crippen MR) is 93.0 cm³/mol. The molecule has 22 heavy (non-hydrogen) atoms. The maximum Gasteiger partial charge on any atom is 0.264 e. The smallest absolute Gasteiger partial charge is 0.264 e. The van der Waals surface area contributed by atoms with E-state index in [0.29, 0.717) is 20.5 Å². The van der Waals surface area contributed by atoms with Gasteiger partial charge in [-0.25, -0.2) is 4.99 Å². The van der Waals surface area contributed by atoms with E-state index in [1.807, 2.05) is 24.3 Å². The van der Waals surface area contributed by atoms with E-state index in [1.54, 1.807) is 18.2 Å². The van der Waals surface area contributed by atoms with Gasteiger partial charge in [-0.05, 0) is 63.9 Å². The van der Waals surface area contributed by atoms with Gasteiger partial charge in [0.2, 0.25) is 0 Å². The maximum atomic E-state index is 12.0. The number of carbonyl (C=O) groups is 1. The van der Waals surface area contributed by atoms with Crippen LogP contribution in [0.1, 0.15) is 18.2 Å². The molecular formula is C16H13BrN2O2S. The Morgan fingerprint density at radius 2 is 2.05 bits per heavy atom. The molecule has 0 saturated carbocycles. The number of rotatable bonds is 3. The number of furan rings is 1. The normalized spacial score (nSPS) is 18.2. The van der Waals surface area contributed by atoms with E-state index in [4.69, 9.17) is 4.42 Å². The summed E-state index contributed by atoms with van der Waals surface area (Å²) in [5, 5.41) is 3.34. The van der Waals surface area contributed by atoms with E-state index in [0.717, 1.165) is 12.1 Å². The van der Waals surface area contributed by atoms with Gasteiger partial charge in [-0.3, -0.25) is 4.79 Å². The Kier molecular flexibility index (Phi) is 4.49. The van der Waals surface area contributed by atoms with Gasteiger partial charge in [-0.1, -0.05) is 19.1 Å². The molecule has 1 N–H and O–H groups in total. The molecule has 0 bridgehead atoms. The first-order chi connectivity index (χ1) is 10.6. The number of nitrogens with zero attached hydrogens (tertiary/aromatic N) is 1. The summed E-state index contributed by atoms with van der Waals surface area (Å²) in [6.45, 7) is 2.11. The predicted octanol–water partition coefficient (Wildman–Crippen LogP) is 4.50. The number of aryl methyl sites for hydroxylation is 1. The van der Waals surface area contributed by atoms with E-state index in [2.05, 4.69) is 33.2 Å². The largest absolute Gasteiger partial charge is 0.450 e. The van der Waals surface area contributed by atoms with Crippen molar-refractivity contribution in [1.82, 2.24) is 5.32 Å². The average molecular weight is 377 g/mol. The number of thioether (sulfide) groups is 1. The molecule has 0 unspecified atom stereocenters. The lowest BCUT2D eigenvalue weighted by Crippen LogP contribution is -2.19. The molecule has 6 heteroatoms. The minimum absolute atomic E-state index is 0.165. The maximum absolute atomic E-state index is 12.0. The third-order valence-electron chi connectivity index (χ3n) is 3.09. The summed E-state index contributed by atoms with van der Waals surface area (Å²) < 4.78 is 6.01. The van der Waals surface area contributed by atoms with E-state index < -0.39 is 0 Å². The SMILES string of the molecule is CCc1ccc(N=C2NC(=O)/C(=C\c3ccc(Br)o3)S2)cc1. The van der Waals surface area contributed by atoms with Gasteiger partial charge in [-0.15, -0.1) is 0 Å². The Labute approximate surface area is 140 Å². The highest BCUT2D eigenvalue weighted by Gasteiger charge is 2.24. The number of hydrogen-bond donors (Lipinski definition) is 1. The van der Waals surface area contributed by atoms with Crippen LogP contribution in [0, 0.1) is 0 Å². The average Bonchev–Trinajstić information content (AvgIpc) is 3.06. The summed E-state index contributed by atoms with van der Waals surface area (Å²) in [5.74, 6) is 0.458. The van der Waals surface area contributed by atoms with Crippen molar-refractivity contribution in [3.63, 3.8) is 0 Å². The molecule has 0 spiro atoms. The van der Waals surface area contributed by atoms with Crippen LogP contribution in [-0.4, -0.2) is 11.1 Å². The molecule has 3 rings (SSSR count). The van der Waals surface area contributed by atoms with Crippen molar-refractivity contribution >= 4 is 50.5 Å². The fraction of sp³-hybridized carbons (Fsp3) is 0.125. The lowest BCUT2D eigenvalue weighted by molar-refractivity contribution is -0.115. The third kappa shape index (κ3) is 3.51. The molecule has 1 aliphatic rings. The highest BCUT2D eigenvalue weighted by molar-refractivity contribution is 9.10. The summed E-state index contributed by atoms with van der Waals surface area (Å²) in [5.41, 5.74) is 2.08. The zero-order chi connectivity index (χ0) is 15.5. The molecule has 1 aromatic heterocycles. The Bertz CT molecular complexity index is 763. The van der Waals surface area contributed by atoms with Crippen molar-refractivity contribution in [3.8, 4) is 0 Å². The van der Waals surface area contributed by atoms with Crippen LogP contribution in [0.4, 0.5) is 5.69 Å². The van der Waals surface area contributed by atoms with E-state index in [-0.39, 0.29) is 5.91 Å². The molecule has 1 aromatic carbocycles. The lowest BCUT2D eigenvalue weighted by Gasteiger charge is -1.98. The number of hydrogen-bond acceptors (Lipinski definition) is 4. The zero-order valence-electron chi connectivity index (χ0n) is 11.8. The number of amidine groups is 1. The van der Waals surface area contributed by atoms with E-state index in [9.17, 15) is 4.79 Å². The quantitative estimate of drug-likeness (QED) is 0.802. The number of aliphatic imine (C=N–C) groups is 1. The van der Waals surface area contributed by atoms with Gasteiger partial charge in [-0.2, -0.15) is 0 Å². The number of halogens is 1. The molecule has 2 aromatic rings. The first kappa shape index (κ1) is 15.1. The molecule has 1 aliphatic heterocycles. The van der Waals surface area contributed by atoms with Crippen molar-refractivity contribution in [3.05, 3.63) is 57.3 Å². The standard InChI is InChI=1S/C16H13BrN2O2S/c1-2-10-3-5-11(6-4-10)18-16-19-15(20)13(22-16)9-12-7-8-14(17)21-12/h3-9H,2H2,1H3,(H,18,19,20)/b13-9+. The highest BCUT2D eigenvalue weighted by atomic mass is 79.9. The van der Waals surface area contributed by atoms with Crippen molar-refractivity contribution in [2.24, 2.45) is 4.99 Å². The Morgan fingerprint density at radius 1 is 1.27 bits per heavy atom. The molecule has 2 heterocycles. The van der Waals surface area contributed by atoms with Gasteiger partial charge in [0, 0.05) is 6.08 Å². The van der Waals surface area contributed by atoms with Crippen LogP contribution in [0.5, 0.6) is 0 Å². The van der Waals surface area contributed by atoms with Crippen LogP contribution in [0.25, 0.3) is 6.08 Å². The van der Waals surface area contributed by atoms with Gasteiger partial charge in [0.1, 0.15) is 5.76 Å². The second-order valence-electron chi connectivity index (χ2n) is 4.64. The van der Waals surface area contributed by atoms with Crippen molar-refractivity contribution in [2.75, 3.05) is 0 Å². The van der Waals surface area contributed by atoms with Crippen LogP contribution in [-0.2, 0) is 11.2 Å². The van der Waals surface area contributed by atoms with Crippen molar-refractivity contribution < 1.29 is 9.21 Å². The fourth-order valence-electron chi connectivity index (χ4n) is 1.94. The molecule has 0 atom stereocenters. The second kappa shape index (κ2) is 6.54. The number of nitrogens with one attached hydrogen (secondary N) is 1. The first-order valence-corrected chi connectivity index (χ1v) is 8.39. The van der Waals surface area contributed by atoms with Crippen LogP contribution in [0.15, 0.2) is 55.4 Å². The minimum atomic E-state index is -0.165. The molecule has 1 amide bonds. The summed E-state index contributed by atoms with van der Waals surface area (Å²) >= 11 is 4.54. The Hall–Kier alpha value is -1.79. The first-order valence-electron chi connectivity index (χ1n) is 6.78. The van der Waals surface area contributed by atoms with Gasteiger partial charge in [0.05, 0.1) is 10.6 Å². The van der Waals surface area contributed by atoms with Crippen LogP contribution in [0.2, 0.25) is 0 Å². The molecular weight excluding hydrogens is 364 g/mol. The van der Waals surface area contributed by atoms with E-state index >= 15 is 0 Å². The molecule has 1 saturated heterocycles. The summed E-state index contributed by atoms with van der Waals surface area (Å²) in [7, 11) is 0. The van der Waals surface area contributed by atoms with Crippen LogP contribution >= 0.6 is 27.7 Å². The topological polar surface area (TPSA) is 54.6 Å². The number of carbonyl (C=O) groups excluding carboxylic acids is 1. The minimum Gasteiger partial charge on any atom is -0.450 e. The molecule has 1 fully saturated rings. The molecule has 0 aliphatic carbocycles. The lowest BCUT2D eigenvalue weighted by atomic mass is 10.2. The van der Waals surface area contributed by atoms with Gasteiger partial charge < -0.3 is 9.73 Å². The van der Waals surface area contributed by atoms with E-state index in [1.165, 1.54) is 17.3 Å². The number of amides is 1. The molecule has 0 radical (unpaired) electrons. The summed E-state index contributed by atoms with van der Waals surface area (Å²) in [4.78, 5) is 17.0. The fourth-order valence-corrected chi connectivity index (χ4v) is 3.08. The number of benzene rings is 1. The summed E-state index contributed by atoms with van der Waals surface area (Å²) in [6, 6.07) is 11.6. The molecule has 4 nitrogen and oxygen atoms in total. The molecule has 112 valence electrons. The van der Waals surface area contributed by atoms with Gasteiger partial charge in [0.15, 0.2) is 9.84 Å². The van der Waals surface area contributed by atoms with Crippen LogP contribution < -0.4 is 5.32 Å². The summed E-state index contributed by atoms with van der Waals surface area (Å²) in [6.07, 6.45) is 2.70. The van der Waals surface area contributed by atoms with Gasteiger partial charge >= 0.3 is 0 Å². The third-order valence-corrected chi connectivity index (χ3v) is 4.43. The van der Waals surface area contributed by atoms with Crippen molar-refractivity contribution in [1.29, 1.82) is 0 Å². The highest BCUT2D eigenvalue weighted by Crippen LogP contribution is 2.29. The van der Waals surface area contributed by atoms with Crippen LogP contribution in [0.3, 0.4) is 0 Å². The monoisotopic (exact) mass is 376 g/mol. The second-order valence-corrected chi connectivity index (χ2v) is 6.46. The Balaban J connectivity index is 1.78.